The van der Waals surface area contributed by atoms with Gasteiger partial charge in [0.1, 0.15) is 12.4 Å². The fourth-order valence-electron chi connectivity index (χ4n) is 1.71. The fraction of sp³-hybridized carbons (Fsp3) is 0.250. The molecule has 2 rings (SSSR count). The first-order valence-corrected chi connectivity index (χ1v) is 5.59. The molecule has 5 heteroatoms. The van der Waals surface area contributed by atoms with E-state index in [0.717, 1.165) is 0 Å². The van der Waals surface area contributed by atoms with Crippen LogP contribution in [0.25, 0.3) is 10.9 Å². The average molecular weight is 248 g/mol. The summed E-state index contributed by atoms with van der Waals surface area (Å²) in [5, 5.41) is 8.83. The van der Waals surface area contributed by atoms with Gasteiger partial charge in [0.15, 0.2) is 0 Å². The number of hydrogen-bond donors (Lipinski definition) is 0. The normalized spacial score (nSPS) is 12.3. The molecule has 0 spiro atoms. The molecule has 17 heavy (non-hydrogen) atoms. The van der Waals surface area contributed by atoms with Crippen molar-refractivity contribution < 1.29 is 0 Å². The van der Waals surface area contributed by atoms with E-state index in [1.54, 1.807) is 25.1 Å². The van der Waals surface area contributed by atoms with Gasteiger partial charge in [-0.1, -0.05) is 12.1 Å². The first-order chi connectivity index (χ1) is 8.15. The highest BCUT2D eigenvalue weighted by atomic mass is 35.5. The van der Waals surface area contributed by atoms with E-state index in [-0.39, 0.29) is 12.1 Å². The Morgan fingerprint density at radius 3 is 2.88 bits per heavy atom. The Hall–Kier alpha value is -1.86. The van der Waals surface area contributed by atoms with Crippen molar-refractivity contribution in [3.8, 4) is 6.07 Å². The second-order valence-corrected chi connectivity index (χ2v) is 4.31. The number of aromatic nitrogens is 2. The third-order valence-electron chi connectivity index (χ3n) is 2.48. The molecule has 1 aromatic heterocycles. The SMILES string of the molecule is CC(Cl)c1nc2ccccc2c(=O)n1CC#N. The van der Waals surface area contributed by atoms with Crippen molar-refractivity contribution >= 4 is 22.5 Å². The Balaban J connectivity index is 2.85. The number of nitriles is 1. The Labute approximate surface area is 103 Å². The number of rotatable bonds is 2. The number of para-hydroxylation sites is 1. The fourth-order valence-corrected chi connectivity index (χ4v) is 1.88. The van der Waals surface area contributed by atoms with Crippen LogP contribution in [0, 0.1) is 11.3 Å². The van der Waals surface area contributed by atoms with Gasteiger partial charge in [-0.15, -0.1) is 11.6 Å². The zero-order chi connectivity index (χ0) is 12.4. The molecule has 1 heterocycles. The summed E-state index contributed by atoms with van der Waals surface area (Å²) in [6.07, 6.45) is 0. The zero-order valence-corrected chi connectivity index (χ0v) is 9.98. The van der Waals surface area contributed by atoms with Crippen molar-refractivity contribution in [3.63, 3.8) is 0 Å². The van der Waals surface area contributed by atoms with Crippen LogP contribution in [-0.4, -0.2) is 9.55 Å². The van der Waals surface area contributed by atoms with Crippen molar-refractivity contribution in [1.82, 2.24) is 9.55 Å². The van der Waals surface area contributed by atoms with Crippen LogP contribution in [0.2, 0.25) is 0 Å². The Morgan fingerprint density at radius 1 is 1.53 bits per heavy atom. The maximum atomic E-state index is 12.2. The van der Waals surface area contributed by atoms with Crippen molar-refractivity contribution in [2.24, 2.45) is 0 Å². The molecule has 0 bridgehead atoms. The van der Waals surface area contributed by atoms with E-state index in [4.69, 9.17) is 16.9 Å². The molecule has 0 aliphatic carbocycles. The van der Waals surface area contributed by atoms with E-state index in [9.17, 15) is 4.79 Å². The highest BCUT2D eigenvalue weighted by Crippen LogP contribution is 2.18. The lowest BCUT2D eigenvalue weighted by Crippen LogP contribution is -2.25. The van der Waals surface area contributed by atoms with Crippen molar-refractivity contribution in [2.75, 3.05) is 0 Å². The molecule has 0 N–H and O–H groups in total. The second kappa shape index (κ2) is 4.56. The Kier molecular flexibility index (Phi) is 3.12. The third-order valence-corrected chi connectivity index (χ3v) is 2.67. The van der Waals surface area contributed by atoms with Crippen LogP contribution in [-0.2, 0) is 6.54 Å². The topological polar surface area (TPSA) is 58.7 Å². The van der Waals surface area contributed by atoms with E-state index in [1.165, 1.54) is 4.57 Å². The lowest BCUT2D eigenvalue weighted by Gasteiger charge is -2.11. The van der Waals surface area contributed by atoms with E-state index in [0.29, 0.717) is 16.7 Å². The minimum atomic E-state index is -0.416. The smallest absolute Gasteiger partial charge is 0.262 e. The highest BCUT2D eigenvalue weighted by Gasteiger charge is 2.14. The number of fused-ring (bicyclic) bond motifs is 1. The van der Waals surface area contributed by atoms with Gasteiger partial charge in [-0.2, -0.15) is 5.26 Å². The summed E-state index contributed by atoms with van der Waals surface area (Å²) in [6.45, 7) is 1.69. The van der Waals surface area contributed by atoms with Gasteiger partial charge in [0.2, 0.25) is 0 Å². The maximum absolute atomic E-state index is 12.2. The van der Waals surface area contributed by atoms with Gasteiger partial charge in [-0.05, 0) is 19.1 Å². The summed E-state index contributed by atoms with van der Waals surface area (Å²) < 4.78 is 1.32. The molecule has 0 radical (unpaired) electrons. The summed E-state index contributed by atoms with van der Waals surface area (Å²) in [5.41, 5.74) is 0.383. The van der Waals surface area contributed by atoms with Gasteiger partial charge in [0.05, 0.1) is 22.3 Å². The molecule has 0 aliphatic rings. The van der Waals surface area contributed by atoms with Crippen LogP contribution < -0.4 is 5.56 Å². The summed E-state index contributed by atoms with van der Waals surface area (Å²) in [5.74, 6) is 0.428. The Morgan fingerprint density at radius 2 is 2.24 bits per heavy atom. The van der Waals surface area contributed by atoms with Crippen LogP contribution in [0.1, 0.15) is 18.1 Å². The number of hydrogen-bond acceptors (Lipinski definition) is 3. The summed E-state index contributed by atoms with van der Waals surface area (Å²) in [6, 6.07) is 8.99. The van der Waals surface area contributed by atoms with Crippen LogP contribution in [0.4, 0.5) is 0 Å². The molecule has 0 fully saturated rings. The summed E-state index contributed by atoms with van der Waals surface area (Å²) >= 11 is 5.98. The van der Waals surface area contributed by atoms with Crippen LogP contribution in [0.3, 0.4) is 0 Å². The molecule has 1 aromatic carbocycles. The van der Waals surface area contributed by atoms with Gasteiger partial charge in [0, 0.05) is 0 Å². The van der Waals surface area contributed by atoms with Crippen molar-refractivity contribution in [3.05, 3.63) is 40.4 Å². The zero-order valence-electron chi connectivity index (χ0n) is 9.22. The molecule has 4 nitrogen and oxygen atoms in total. The van der Waals surface area contributed by atoms with Gasteiger partial charge in [0.25, 0.3) is 5.56 Å². The third kappa shape index (κ3) is 2.02. The maximum Gasteiger partial charge on any atom is 0.262 e. The summed E-state index contributed by atoms with van der Waals surface area (Å²) in [4.78, 5) is 16.5. The lowest BCUT2D eigenvalue weighted by atomic mass is 10.2. The van der Waals surface area contributed by atoms with Gasteiger partial charge >= 0.3 is 0 Å². The lowest BCUT2D eigenvalue weighted by molar-refractivity contribution is 0.697. The first-order valence-electron chi connectivity index (χ1n) is 5.15. The molecule has 0 amide bonds. The van der Waals surface area contributed by atoms with E-state index in [2.05, 4.69) is 4.98 Å². The molecular formula is C12H10ClN3O. The molecule has 0 saturated heterocycles. The molecule has 0 aliphatic heterocycles. The highest BCUT2D eigenvalue weighted by molar-refractivity contribution is 6.20. The molecular weight excluding hydrogens is 238 g/mol. The van der Waals surface area contributed by atoms with Crippen molar-refractivity contribution in [1.29, 1.82) is 5.26 Å². The number of benzene rings is 1. The number of alkyl halides is 1. The van der Waals surface area contributed by atoms with E-state index in [1.807, 2.05) is 12.1 Å². The average Bonchev–Trinajstić information content (AvgIpc) is 2.32. The van der Waals surface area contributed by atoms with Gasteiger partial charge < -0.3 is 0 Å². The van der Waals surface area contributed by atoms with Crippen LogP contribution >= 0.6 is 11.6 Å². The first kappa shape index (κ1) is 11.6. The Bertz CT molecular complexity index is 655. The predicted molar refractivity (Wildman–Crippen MR) is 65.9 cm³/mol. The number of nitrogens with zero attached hydrogens (tertiary/aromatic N) is 3. The predicted octanol–water partition coefficient (Wildman–Crippen LogP) is 2.22. The largest absolute Gasteiger partial charge is 0.281 e. The molecule has 86 valence electrons. The standard InChI is InChI=1S/C12H10ClN3O/c1-8(13)11-15-10-5-3-2-4-9(10)12(17)16(11)7-6-14/h2-5,8H,7H2,1H3. The molecule has 1 unspecified atom stereocenters. The quantitative estimate of drug-likeness (QED) is 0.765. The minimum absolute atomic E-state index is 0.0386. The monoisotopic (exact) mass is 247 g/mol. The van der Waals surface area contributed by atoms with Crippen LogP contribution in [0.5, 0.6) is 0 Å². The molecule has 2 aromatic rings. The molecule has 1 atom stereocenters. The number of halogens is 1. The molecule has 0 saturated carbocycles. The minimum Gasteiger partial charge on any atom is -0.281 e. The van der Waals surface area contributed by atoms with E-state index >= 15 is 0 Å². The summed E-state index contributed by atoms with van der Waals surface area (Å²) in [7, 11) is 0. The second-order valence-electron chi connectivity index (χ2n) is 3.65. The van der Waals surface area contributed by atoms with Crippen LogP contribution in [0.15, 0.2) is 29.1 Å². The van der Waals surface area contributed by atoms with E-state index < -0.39 is 5.38 Å². The van der Waals surface area contributed by atoms with Gasteiger partial charge in [-0.25, -0.2) is 4.98 Å². The van der Waals surface area contributed by atoms with Crippen molar-refractivity contribution in [2.45, 2.75) is 18.8 Å². The van der Waals surface area contributed by atoms with Gasteiger partial charge in [-0.3, -0.25) is 9.36 Å².